The van der Waals surface area contributed by atoms with Crippen LogP contribution in [0.25, 0.3) is 10.8 Å². The molecule has 1 aromatic carbocycles. The molecule has 108 valence electrons. The number of anilines is 1. The molecule has 1 heterocycles. The predicted molar refractivity (Wildman–Crippen MR) is 87.3 cm³/mol. The summed E-state index contributed by atoms with van der Waals surface area (Å²) in [6, 6.07) is 8.53. The van der Waals surface area contributed by atoms with E-state index in [1.807, 2.05) is 13.2 Å². The minimum absolute atomic E-state index is 0.0975. The van der Waals surface area contributed by atoms with E-state index in [9.17, 15) is 0 Å². The Labute approximate surface area is 122 Å². The van der Waals surface area contributed by atoms with Gasteiger partial charge in [0, 0.05) is 30.7 Å². The van der Waals surface area contributed by atoms with Crippen molar-refractivity contribution in [1.82, 2.24) is 10.3 Å². The van der Waals surface area contributed by atoms with Crippen LogP contribution in [-0.4, -0.2) is 24.6 Å². The number of rotatable bonds is 5. The van der Waals surface area contributed by atoms with Crippen LogP contribution in [0.15, 0.2) is 30.5 Å². The molecule has 0 bridgehead atoms. The second kappa shape index (κ2) is 5.80. The SMILES string of the molecule is CCC(C)(C)N(C)c1ncc(CNC)c2ccccc12. The molecule has 1 N–H and O–H groups in total. The van der Waals surface area contributed by atoms with Gasteiger partial charge in [0.05, 0.1) is 0 Å². The molecular weight excluding hydrogens is 246 g/mol. The van der Waals surface area contributed by atoms with Crippen molar-refractivity contribution < 1.29 is 0 Å². The summed E-state index contributed by atoms with van der Waals surface area (Å²) in [6.45, 7) is 7.57. The Bertz CT molecular complexity index is 590. The van der Waals surface area contributed by atoms with Crippen LogP contribution in [0.3, 0.4) is 0 Å². The maximum absolute atomic E-state index is 4.73. The fourth-order valence-corrected chi connectivity index (χ4v) is 2.36. The highest BCUT2D eigenvalue weighted by Crippen LogP contribution is 2.31. The molecule has 2 rings (SSSR count). The summed E-state index contributed by atoms with van der Waals surface area (Å²) in [5.74, 6) is 1.06. The van der Waals surface area contributed by atoms with E-state index in [0.717, 1.165) is 18.8 Å². The molecule has 0 radical (unpaired) electrons. The van der Waals surface area contributed by atoms with Crippen molar-refractivity contribution in [2.24, 2.45) is 0 Å². The lowest BCUT2D eigenvalue weighted by Crippen LogP contribution is -2.41. The molecular formula is C17H25N3. The van der Waals surface area contributed by atoms with Crippen LogP contribution in [0.4, 0.5) is 5.82 Å². The number of nitrogens with one attached hydrogen (secondary N) is 1. The molecule has 0 aliphatic rings. The third-order valence-electron chi connectivity index (χ3n) is 4.31. The Morgan fingerprint density at radius 3 is 2.45 bits per heavy atom. The van der Waals surface area contributed by atoms with E-state index in [1.165, 1.54) is 16.3 Å². The summed E-state index contributed by atoms with van der Waals surface area (Å²) in [7, 11) is 4.10. The molecule has 0 fully saturated rings. The van der Waals surface area contributed by atoms with Crippen molar-refractivity contribution in [2.45, 2.75) is 39.3 Å². The van der Waals surface area contributed by atoms with E-state index >= 15 is 0 Å². The smallest absolute Gasteiger partial charge is 0.136 e. The van der Waals surface area contributed by atoms with Crippen LogP contribution in [-0.2, 0) is 6.54 Å². The van der Waals surface area contributed by atoms with Crippen molar-refractivity contribution >= 4 is 16.6 Å². The van der Waals surface area contributed by atoms with Crippen molar-refractivity contribution in [1.29, 1.82) is 0 Å². The number of hydrogen-bond acceptors (Lipinski definition) is 3. The molecule has 3 heteroatoms. The number of pyridine rings is 1. The molecule has 0 saturated heterocycles. The lowest BCUT2D eigenvalue weighted by atomic mass is 9.98. The van der Waals surface area contributed by atoms with Gasteiger partial charge in [0.2, 0.25) is 0 Å². The fourth-order valence-electron chi connectivity index (χ4n) is 2.36. The zero-order valence-corrected chi connectivity index (χ0v) is 13.2. The molecule has 0 unspecified atom stereocenters. The summed E-state index contributed by atoms with van der Waals surface area (Å²) >= 11 is 0. The first kappa shape index (κ1) is 14.8. The van der Waals surface area contributed by atoms with Crippen LogP contribution in [0.2, 0.25) is 0 Å². The van der Waals surface area contributed by atoms with Crippen molar-refractivity contribution in [3.63, 3.8) is 0 Å². The Hall–Kier alpha value is -1.61. The summed E-state index contributed by atoms with van der Waals surface area (Å²) in [5.41, 5.74) is 1.34. The van der Waals surface area contributed by atoms with Crippen molar-refractivity contribution in [3.05, 3.63) is 36.0 Å². The Kier molecular flexibility index (Phi) is 4.29. The number of nitrogens with zero attached hydrogens (tertiary/aromatic N) is 2. The summed E-state index contributed by atoms with van der Waals surface area (Å²) in [4.78, 5) is 7.02. The topological polar surface area (TPSA) is 28.2 Å². The standard InChI is InChI=1S/C17H25N3/c1-6-17(2,3)20(5)16-15-10-8-7-9-14(15)13(11-18-4)12-19-16/h7-10,12,18H,6,11H2,1-5H3. The third kappa shape index (κ3) is 2.63. The summed E-state index contributed by atoms with van der Waals surface area (Å²) in [6.07, 6.45) is 3.08. The van der Waals surface area contributed by atoms with Crippen LogP contribution < -0.4 is 10.2 Å². The normalized spacial score (nSPS) is 11.8. The quantitative estimate of drug-likeness (QED) is 0.901. The maximum atomic E-state index is 4.73. The van der Waals surface area contributed by atoms with E-state index in [2.05, 4.69) is 62.3 Å². The van der Waals surface area contributed by atoms with Gasteiger partial charge < -0.3 is 10.2 Å². The van der Waals surface area contributed by atoms with E-state index in [-0.39, 0.29) is 5.54 Å². The second-order valence-electron chi connectivity index (χ2n) is 5.91. The Morgan fingerprint density at radius 2 is 1.85 bits per heavy atom. The highest BCUT2D eigenvalue weighted by Gasteiger charge is 2.24. The number of hydrogen-bond donors (Lipinski definition) is 1. The molecule has 0 atom stereocenters. The maximum Gasteiger partial charge on any atom is 0.136 e. The van der Waals surface area contributed by atoms with E-state index in [1.54, 1.807) is 0 Å². The van der Waals surface area contributed by atoms with Gasteiger partial charge in [-0.25, -0.2) is 4.98 Å². The molecule has 0 amide bonds. The second-order valence-corrected chi connectivity index (χ2v) is 5.91. The first-order valence-corrected chi connectivity index (χ1v) is 7.26. The summed E-state index contributed by atoms with van der Waals surface area (Å²) < 4.78 is 0. The fraction of sp³-hybridized carbons (Fsp3) is 0.471. The Balaban J connectivity index is 2.59. The van der Waals surface area contributed by atoms with Crippen LogP contribution in [0.1, 0.15) is 32.8 Å². The van der Waals surface area contributed by atoms with Crippen LogP contribution in [0, 0.1) is 0 Å². The van der Waals surface area contributed by atoms with Gasteiger partial charge in [-0.15, -0.1) is 0 Å². The molecule has 3 nitrogen and oxygen atoms in total. The molecule has 0 saturated carbocycles. The largest absolute Gasteiger partial charge is 0.354 e. The minimum atomic E-state index is 0.0975. The van der Waals surface area contributed by atoms with Gasteiger partial charge in [-0.05, 0) is 38.3 Å². The molecule has 20 heavy (non-hydrogen) atoms. The first-order valence-electron chi connectivity index (χ1n) is 7.26. The van der Waals surface area contributed by atoms with Gasteiger partial charge >= 0.3 is 0 Å². The highest BCUT2D eigenvalue weighted by atomic mass is 15.2. The molecule has 0 aliphatic carbocycles. The van der Waals surface area contributed by atoms with Gasteiger partial charge in [-0.1, -0.05) is 31.2 Å². The van der Waals surface area contributed by atoms with Crippen LogP contribution >= 0.6 is 0 Å². The van der Waals surface area contributed by atoms with E-state index in [0.29, 0.717) is 0 Å². The molecule has 0 spiro atoms. The van der Waals surface area contributed by atoms with Crippen LogP contribution in [0.5, 0.6) is 0 Å². The predicted octanol–water partition coefficient (Wildman–Crippen LogP) is 3.58. The average molecular weight is 271 g/mol. The van der Waals surface area contributed by atoms with Gasteiger partial charge in [-0.2, -0.15) is 0 Å². The van der Waals surface area contributed by atoms with E-state index < -0.39 is 0 Å². The number of benzene rings is 1. The van der Waals surface area contributed by atoms with Crippen molar-refractivity contribution in [2.75, 3.05) is 19.0 Å². The van der Waals surface area contributed by atoms with Gasteiger partial charge in [0.15, 0.2) is 0 Å². The molecule has 2 aromatic rings. The average Bonchev–Trinajstić information content (AvgIpc) is 2.47. The van der Waals surface area contributed by atoms with Gasteiger partial charge in [0.25, 0.3) is 0 Å². The zero-order chi connectivity index (χ0) is 14.8. The highest BCUT2D eigenvalue weighted by molar-refractivity contribution is 5.94. The minimum Gasteiger partial charge on any atom is -0.354 e. The number of fused-ring (bicyclic) bond motifs is 1. The zero-order valence-electron chi connectivity index (χ0n) is 13.2. The van der Waals surface area contributed by atoms with Gasteiger partial charge in [0.1, 0.15) is 5.82 Å². The lowest BCUT2D eigenvalue weighted by Gasteiger charge is -2.36. The molecule has 1 aromatic heterocycles. The monoisotopic (exact) mass is 271 g/mol. The van der Waals surface area contributed by atoms with Gasteiger partial charge in [-0.3, -0.25) is 0 Å². The number of aromatic nitrogens is 1. The Morgan fingerprint density at radius 1 is 1.20 bits per heavy atom. The lowest BCUT2D eigenvalue weighted by molar-refractivity contribution is 0.468. The molecule has 0 aliphatic heterocycles. The first-order chi connectivity index (χ1) is 9.51. The van der Waals surface area contributed by atoms with Crippen molar-refractivity contribution in [3.8, 4) is 0 Å². The summed E-state index contributed by atoms with van der Waals surface area (Å²) in [5, 5.41) is 5.72. The third-order valence-corrected chi connectivity index (χ3v) is 4.31. The van der Waals surface area contributed by atoms with E-state index in [4.69, 9.17) is 4.98 Å².